The molecule has 0 spiro atoms. The second-order valence-electron chi connectivity index (χ2n) is 4.41. The van der Waals surface area contributed by atoms with E-state index in [1.54, 1.807) is 0 Å². The Morgan fingerprint density at radius 1 is 1.47 bits per heavy atom. The van der Waals surface area contributed by atoms with E-state index < -0.39 is 0 Å². The van der Waals surface area contributed by atoms with Crippen molar-refractivity contribution in [2.75, 3.05) is 18.0 Å². The first-order chi connectivity index (χ1) is 7.22. The fraction of sp³-hybridized carbons (Fsp3) is 0.667. The summed E-state index contributed by atoms with van der Waals surface area (Å²) in [7, 11) is 0. The number of aromatic nitrogens is 2. The zero-order valence-corrected chi connectivity index (χ0v) is 9.82. The Morgan fingerprint density at radius 3 is 2.93 bits per heavy atom. The summed E-state index contributed by atoms with van der Waals surface area (Å²) < 4.78 is 0. The molecule has 3 nitrogen and oxygen atoms in total. The molecular weight excluding hydrogens is 186 g/mol. The van der Waals surface area contributed by atoms with E-state index >= 15 is 0 Å². The molecule has 82 valence electrons. The van der Waals surface area contributed by atoms with Gasteiger partial charge in [0.15, 0.2) is 0 Å². The highest BCUT2D eigenvalue weighted by Gasteiger charge is 2.18. The third-order valence-electron chi connectivity index (χ3n) is 2.93. The smallest absolute Gasteiger partial charge is 0.135 e. The van der Waals surface area contributed by atoms with Crippen molar-refractivity contribution in [3.05, 3.63) is 17.6 Å². The first kappa shape index (κ1) is 10.4. The monoisotopic (exact) mass is 205 g/mol. The Hall–Kier alpha value is -1.12. The molecule has 0 unspecified atom stereocenters. The summed E-state index contributed by atoms with van der Waals surface area (Å²) in [4.78, 5) is 11.5. The molecule has 0 saturated carbocycles. The van der Waals surface area contributed by atoms with Crippen LogP contribution in [0, 0.1) is 0 Å². The second-order valence-corrected chi connectivity index (χ2v) is 4.41. The predicted octanol–water partition coefficient (Wildman–Crippen LogP) is 2.37. The largest absolute Gasteiger partial charge is 0.357 e. The SMILES string of the molecule is CCN1CCCc2cnc(C(C)C)nc21. The zero-order chi connectivity index (χ0) is 10.8. The van der Waals surface area contributed by atoms with E-state index in [0.29, 0.717) is 5.92 Å². The maximum atomic E-state index is 4.68. The zero-order valence-electron chi connectivity index (χ0n) is 9.82. The fourth-order valence-corrected chi connectivity index (χ4v) is 2.01. The van der Waals surface area contributed by atoms with E-state index in [9.17, 15) is 0 Å². The number of aryl methyl sites for hydroxylation is 1. The van der Waals surface area contributed by atoms with E-state index in [-0.39, 0.29) is 0 Å². The van der Waals surface area contributed by atoms with Crippen LogP contribution in [0.15, 0.2) is 6.20 Å². The summed E-state index contributed by atoms with van der Waals surface area (Å²) >= 11 is 0. The lowest BCUT2D eigenvalue weighted by Crippen LogP contribution is -2.30. The lowest BCUT2D eigenvalue weighted by atomic mass is 10.1. The van der Waals surface area contributed by atoms with E-state index in [2.05, 4.69) is 35.6 Å². The van der Waals surface area contributed by atoms with Gasteiger partial charge in [-0.05, 0) is 19.8 Å². The van der Waals surface area contributed by atoms with Gasteiger partial charge in [0.25, 0.3) is 0 Å². The van der Waals surface area contributed by atoms with Gasteiger partial charge in [0.1, 0.15) is 11.6 Å². The standard InChI is InChI=1S/C12H19N3/c1-4-15-7-5-6-10-8-13-11(9(2)3)14-12(10)15/h8-9H,4-7H2,1-3H3. The molecule has 0 saturated heterocycles. The average Bonchev–Trinajstić information content (AvgIpc) is 2.27. The average molecular weight is 205 g/mol. The highest BCUT2D eigenvalue weighted by molar-refractivity contribution is 5.48. The minimum atomic E-state index is 0.413. The molecule has 1 aromatic heterocycles. The Morgan fingerprint density at radius 2 is 2.27 bits per heavy atom. The van der Waals surface area contributed by atoms with Gasteiger partial charge in [-0.1, -0.05) is 13.8 Å². The number of rotatable bonds is 2. The maximum absolute atomic E-state index is 4.68. The fourth-order valence-electron chi connectivity index (χ4n) is 2.01. The van der Waals surface area contributed by atoms with Gasteiger partial charge < -0.3 is 4.90 Å². The Kier molecular flexibility index (Phi) is 2.89. The molecule has 0 atom stereocenters. The van der Waals surface area contributed by atoms with E-state index in [1.165, 1.54) is 17.8 Å². The molecule has 0 aromatic carbocycles. The molecule has 1 aliphatic heterocycles. The van der Waals surface area contributed by atoms with Crippen molar-refractivity contribution in [1.82, 2.24) is 9.97 Å². The van der Waals surface area contributed by atoms with Crippen molar-refractivity contribution in [3.8, 4) is 0 Å². The summed E-state index contributed by atoms with van der Waals surface area (Å²) in [5.41, 5.74) is 1.31. The summed E-state index contributed by atoms with van der Waals surface area (Å²) in [5, 5.41) is 0. The van der Waals surface area contributed by atoms with Gasteiger partial charge in [0.05, 0.1) is 0 Å². The Bertz CT molecular complexity index is 347. The summed E-state index contributed by atoms with van der Waals surface area (Å²) in [6.45, 7) is 8.65. The molecular formula is C12H19N3. The first-order valence-corrected chi connectivity index (χ1v) is 5.83. The quantitative estimate of drug-likeness (QED) is 0.742. The van der Waals surface area contributed by atoms with Crippen LogP contribution in [-0.2, 0) is 6.42 Å². The van der Waals surface area contributed by atoms with Crippen LogP contribution in [0.5, 0.6) is 0 Å². The molecule has 3 heteroatoms. The lowest BCUT2D eigenvalue weighted by molar-refractivity contribution is 0.671. The molecule has 2 heterocycles. The summed E-state index contributed by atoms with van der Waals surface area (Å²) in [5.74, 6) is 2.55. The molecule has 1 aliphatic rings. The highest BCUT2D eigenvalue weighted by Crippen LogP contribution is 2.25. The van der Waals surface area contributed by atoms with Crippen LogP contribution in [0.1, 0.15) is 44.5 Å². The van der Waals surface area contributed by atoms with Crippen LogP contribution < -0.4 is 4.90 Å². The minimum absolute atomic E-state index is 0.413. The van der Waals surface area contributed by atoms with Crippen LogP contribution in [0.25, 0.3) is 0 Å². The minimum Gasteiger partial charge on any atom is -0.357 e. The molecule has 0 amide bonds. The highest BCUT2D eigenvalue weighted by atomic mass is 15.2. The van der Waals surface area contributed by atoms with Crippen molar-refractivity contribution < 1.29 is 0 Å². The Balaban J connectivity index is 2.39. The van der Waals surface area contributed by atoms with E-state index in [4.69, 9.17) is 0 Å². The summed E-state index contributed by atoms with van der Waals surface area (Å²) in [6.07, 6.45) is 4.37. The normalized spacial score (nSPS) is 15.6. The summed E-state index contributed by atoms with van der Waals surface area (Å²) in [6, 6.07) is 0. The molecule has 0 aliphatic carbocycles. The number of fused-ring (bicyclic) bond motifs is 1. The van der Waals surface area contributed by atoms with Crippen molar-refractivity contribution >= 4 is 5.82 Å². The van der Waals surface area contributed by atoms with Crippen molar-refractivity contribution in [2.24, 2.45) is 0 Å². The van der Waals surface area contributed by atoms with E-state index in [0.717, 1.165) is 25.3 Å². The van der Waals surface area contributed by atoms with Gasteiger partial charge in [-0.3, -0.25) is 0 Å². The molecule has 0 N–H and O–H groups in total. The molecule has 2 rings (SSSR count). The number of anilines is 1. The topological polar surface area (TPSA) is 29.0 Å². The van der Waals surface area contributed by atoms with Crippen LogP contribution in [0.4, 0.5) is 5.82 Å². The number of hydrogen-bond acceptors (Lipinski definition) is 3. The maximum Gasteiger partial charge on any atom is 0.135 e. The molecule has 1 aromatic rings. The van der Waals surface area contributed by atoms with Crippen LogP contribution in [-0.4, -0.2) is 23.1 Å². The van der Waals surface area contributed by atoms with Crippen LogP contribution >= 0.6 is 0 Å². The van der Waals surface area contributed by atoms with Crippen molar-refractivity contribution in [1.29, 1.82) is 0 Å². The van der Waals surface area contributed by atoms with Gasteiger partial charge in [0.2, 0.25) is 0 Å². The molecule has 0 fully saturated rings. The van der Waals surface area contributed by atoms with Gasteiger partial charge in [-0.15, -0.1) is 0 Å². The van der Waals surface area contributed by atoms with Crippen LogP contribution in [0.3, 0.4) is 0 Å². The van der Waals surface area contributed by atoms with Gasteiger partial charge >= 0.3 is 0 Å². The Labute approximate surface area is 91.5 Å². The van der Waals surface area contributed by atoms with E-state index in [1.807, 2.05) is 6.20 Å². The van der Waals surface area contributed by atoms with Gasteiger partial charge in [0, 0.05) is 30.8 Å². The first-order valence-electron chi connectivity index (χ1n) is 5.83. The third kappa shape index (κ3) is 1.96. The van der Waals surface area contributed by atoms with Gasteiger partial charge in [-0.2, -0.15) is 0 Å². The van der Waals surface area contributed by atoms with Crippen LogP contribution in [0.2, 0.25) is 0 Å². The second kappa shape index (κ2) is 4.17. The predicted molar refractivity (Wildman–Crippen MR) is 62.3 cm³/mol. The molecule has 15 heavy (non-hydrogen) atoms. The lowest BCUT2D eigenvalue weighted by Gasteiger charge is -2.29. The number of nitrogens with zero attached hydrogens (tertiary/aromatic N) is 3. The third-order valence-corrected chi connectivity index (χ3v) is 2.93. The van der Waals surface area contributed by atoms with Crippen molar-refractivity contribution in [3.63, 3.8) is 0 Å². The van der Waals surface area contributed by atoms with Crippen molar-refractivity contribution in [2.45, 2.75) is 39.5 Å². The molecule has 0 radical (unpaired) electrons. The molecule has 0 bridgehead atoms. The van der Waals surface area contributed by atoms with Gasteiger partial charge in [-0.25, -0.2) is 9.97 Å². The number of hydrogen-bond donors (Lipinski definition) is 0.